The molecule has 3 rings (SSSR count). The molecular formula is C22H28N2O4. The van der Waals surface area contributed by atoms with E-state index in [1.54, 1.807) is 21.3 Å². The Morgan fingerprint density at radius 1 is 1.04 bits per heavy atom. The van der Waals surface area contributed by atoms with Gasteiger partial charge in [-0.3, -0.25) is 9.69 Å². The van der Waals surface area contributed by atoms with Gasteiger partial charge in [-0.25, -0.2) is 0 Å². The van der Waals surface area contributed by atoms with Gasteiger partial charge in [0.05, 0.1) is 27.4 Å². The smallest absolute Gasteiger partial charge is 0.237 e. The quantitative estimate of drug-likeness (QED) is 0.795. The molecule has 1 aliphatic heterocycles. The summed E-state index contributed by atoms with van der Waals surface area (Å²) in [6.07, 6.45) is 0.881. The van der Waals surface area contributed by atoms with Crippen molar-refractivity contribution in [2.24, 2.45) is 0 Å². The van der Waals surface area contributed by atoms with Crippen molar-refractivity contribution in [3.05, 3.63) is 53.1 Å². The summed E-state index contributed by atoms with van der Waals surface area (Å²) in [5, 5.41) is 3.03. The van der Waals surface area contributed by atoms with Crippen molar-refractivity contribution in [3.8, 4) is 17.2 Å². The number of amides is 1. The molecule has 0 saturated heterocycles. The third-order valence-electron chi connectivity index (χ3n) is 5.30. The average Bonchev–Trinajstić information content (AvgIpc) is 2.75. The standard InChI is InChI=1S/C22H28N2O4/c1-15(22(25)23-13-16-5-7-19(26-2)8-6-16)24-10-9-17-11-20(27-3)21(28-4)12-18(17)14-24/h5-8,11-12,15H,9-10,13-14H2,1-4H3,(H,23,25)/t15-/m0/s1. The number of carbonyl (C=O) groups is 1. The third-order valence-corrected chi connectivity index (χ3v) is 5.30. The van der Waals surface area contributed by atoms with Gasteiger partial charge in [-0.2, -0.15) is 0 Å². The first-order valence-electron chi connectivity index (χ1n) is 9.44. The van der Waals surface area contributed by atoms with Gasteiger partial charge in [0.15, 0.2) is 11.5 Å². The molecule has 0 radical (unpaired) electrons. The van der Waals surface area contributed by atoms with Crippen LogP contribution in [0.3, 0.4) is 0 Å². The van der Waals surface area contributed by atoms with E-state index >= 15 is 0 Å². The minimum Gasteiger partial charge on any atom is -0.497 e. The molecule has 0 aromatic heterocycles. The van der Waals surface area contributed by atoms with Crippen LogP contribution in [0.25, 0.3) is 0 Å². The highest BCUT2D eigenvalue weighted by molar-refractivity contribution is 5.81. The molecule has 6 nitrogen and oxygen atoms in total. The largest absolute Gasteiger partial charge is 0.497 e. The number of carbonyl (C=O) groups excluding carboxylic acids is 1. The van der Waals surface area contributed by atoms with Crippen LogP contribution >= 0.6 is 0 Å². The molecule has 0 aliphatic carbocycles. The summed E-state index contributed by atoms with van der Waals surface area (Å²) < 4.78 is 16.0. The fourth-order valence-corrected chi connectivity index (χ4v) is 3.48. The second kappa shape index (κ2) is 8.97. The van der Waals surface area contributed by atoms with Gasteiger partial charge in [0.2, 0.25) is 5.91 Å². The number of hydrogen-bond donors (Lipinski definition) is 1. The van der Waals surface area contributed by atoms with Crippen molar-refractivity contribution in [1.29, 1.82) is 0 Å². The molecule has 1 amide bonds. The average molecular weight is 384 g/mol. The lowest BCUT2D eigenvalue weighted by Gasteiger charge is -2.33. The van der Waals surface area contributed by atoms with Crippen molar-refractivity contribution in [1.82, 2.24) is 10.2 Å². The van der Waals surface area contributed by atoms with Crippen LogP contribution in [0.15, 0.2) is 36.4 Å². The van der Waals surface area contributed by atoms with Crippen LogP contribution in [0.4, 0.5) is 0 Å². The van der Waals surface area contributed by atoms with Crippen molar-refractivity contribution in [3.63, 3.8) is 0 Å². The summed E-state index contributed by atoms with van der Waals surface area (Å²) in [5.41, 5.74) is 3.47. The Morgan fingerprint density at radius 3 is 2.29 bits per heavy atom. The van der Waals surface area contributed by atoms with E-state index in [0.29, 0.717) is 13.1 Å². The molecule has 2 aromatic rings. The summed E-state index contributed by atoms with van der Waals surface area (Å²) in [6.45, 7) is 4.00. The maximum absolute atomic E-state index is 12.7. The molecule has 150 valence electrons. The van der Waals surface area contributed by atoms with Crippen molar-refractivity contribution in [2.45, 2.75) is 32.5 Å². The molecule has 6 heteroatoms. The van der Waals surface area contributed by atoms with Gasteiger partial charge >= 0.3 is 0 Å². The summed E-state index contributed by atoms with van der Waals surface area (Å²) in [6, 6.07) is 11.6. The molecule has 2 aromatic carbocycles. The molecule has 28 heavy (non-hydrogen) atoms. The maximum atomic E-state index is 12.7. The molecule has 1 N–H and O–H groups in total. The minimum absolute atomic E-state index is 0.0275. The zero-order valence-corrected chi connectivity index (χ0v) is 17.0. The van der Waals surface area contributed by atoms with Crippen LogP contribution in [0.2, 0.25) is 0 Å². The van der Waals surface area contributed by atoms with E-state index in [9.17, 15) is 4.79 Å². The van der Waals surface area contributed by atoms with Crippen molar-refractivity contribution >= 4 is 5.91 Å². The zero-order valence-electron chi connectivity index (χ0n) is 17.0. The molecular weight excluding hydrogens is 356 g/mol. The molecule has 0 fully saturated rings. The topological polar surface area (TPSA) is 60.0 Å². The number of hydrogen-bond acceptors (Lipinski definition) is 5. The highest BCUT2D eigenvalue weighted by atomic mass is 16.5. The number of nitrogens with zero attached hydrogens (tertiary/aromatic N) is 1. The maximum Gasteiger partial charge on any atom is 0.237 e. The van der Waals surface area contributed by atoms with Crippen LogP contribution in [0.5, 0.6) is 17.2 Å². The fraction of sp³-hybridized carbons (Fsp3) is 0.409. The fourth-order valence-electron chi connectivity index (χ4n) is 3.48. The van der Waals surface area contributed by atoms with Crippen LogP contribution in [0.1, 0.15) is 23.6 Å². The normalized spacial score (nSPS) is 14.7. The van der Waals surface area contributed by atoms with E-state index in [-0.39, 0.29) is 11.9 Å². The second-order valence-corrected chi connectivity index (χ2v) is 6.94. The summed E-state index contributed by atoms with van der Waals surface area (Å²) in [4.78, 5) is 14.8. The molecule has 0 saturated carbocycles. The van der Waals surface area contributed by atoms with E-state index in [2.05, 4.69) is 10.2 Å². The summed E-state index contributed by atoms with van der Waals surface area (Å²) in [7, 11) is 4.93. The lowest BCUT2D eigenvalue weighted by molar-refractivity contribution is -0.126. The van der Waals surface area contributed by atoms with Crippen LogP contribution in [-0.2, 0) is 24.3 Å². The minimum atomic E-state index is -0.209. The lowest BCUT2D eigenvalue weighted by Crippen LogP contribution is -2.46. The molecule has 1 atom stereocenters. The Kier molecular flexibility index (Phi) is 6.41. The SMILES string of the molecule is COc1ccc(CNC(=O)[C@H](C)N2CCc3cc(OC)c(OC)cc3C2)cc1. The Balaban J connectivity index is 1.61. The van der Waals surface area contributed by atoms with Crippen LogP contribution in [0, 0.1) is 0 Å². The highest BCUT2D eigenvalue weighted by Crippen LogP contribution is 2.33. The number of methoxy groups -OCH3 is 3. The van der Waals surface area contributed by atoms with E-state index in [4.69, 9.17) is 14.2 Å². The van der Waals surface area contributed by atoms with Gasteiger partial charge in [0.1, 0.15) is 5.75 Å². The van der Waals surface area contributed by atoms with Gasteiger partial charge in [-0.1, -0.05) is 12.1 Å². The monoisotopic (exact) mass is 384 g/mol. The van der Waals surface area contributed by atoms with E-state index in [1.165, 1.54) is 11.1 Å². The van der Waals surface area contributed by atoms with Crippen LogP contribution in [-0.4, -0.2) is 44.7 Å². The Labute approximate surface area is 166 Å². The molecule has 0 unspecified atom stereocenters. The number of rotatable bonds is 7. The highest BCUT2D eigenvalue weighted by Gasteiger charge is 2.26. The van der Waals surface area contributed by atoms with E-state index in [1.807, 2.05) is 43.3 Å². The summed E-state index contributed by atoms with van der Waals surface area (Å²) >= 11 is 0. The summed E-state index contributed by atoms with van der Waals surface area (Å²) in [5.74, 6) is 2.31. The predicted molar refractivity (Wildman–Crippen MR) is 108 cm³/mol. The van der Waals surface area contributed by atoms with Crippen LogP contribution < -0.4 is 19.5 Å². The molecule has 0 bridgehead atoms. The van der Waals surface area contributed by atoms with Gasteiger partial charge in [0.25, 0.3) is 0 Å². The van der Waals surface area contributed by atoms with E-state index in [0.717, 1.165) is 35.8 Å². The van der Waals surface area contributed by atoms with E-state index < -0.39 is 0 Å². The van der Waals surface area contributed by atoms with Crippen molar-refractivity contribution in [2.75, 3.05) is 27.9 Å². The molecule has 0 spiro atoms. The van der Waals surface area contributed by atoms with Crippen molar-refractivity contribution < 1.29 is 19.0 Å². The van der Waals surface area contributed by atoms with Gasteiger partial charge < -0.3 is 19.5 Å². The predicted octanol–water partition coefficient (Wildman–Crippen LogP) is 2.78. The number of ether oxygens (including phenoxy) is 3. The number of fused-ring (bicyclic) bond motifs is 1. The first-order valence-corrected chi connectivity index (χ1v) is 9.44. The first-order chi connectivity index (χ1) is 13.5. The van der Waals surface area contributed by atoms with Gasteiger partial charge in [-0.05, 0) is 54.3 Å². The van der Waals surface area contributed by atoms with Gasteiger partial charge in [0, 0.05) is 19.6 Å². The zero-order chi connectivity index (χ0) is 20.1. The Bertz CT molecular complexity index is 820. The Hall–Kier alpha value is -2.73. The Morgan fingerprint density at radius 2 is 1.68 bits per heavy atom. The number of benzene rings is 2. The number of nitrogens with one attached hydrogen (secondary N) is 1. The molecule has 1 heterocycles. The molecule has 1 aliphatic rings. The first kappa shape index (κ1) is 20.0. The third kappa shape index (κ3) is 4.39. The van der Waals surface area contributed by atoms with Gasteiger partial charge in [-0.15, -0.1) is 0 Å². The second-order valence-electron chi connectivity index (χ2n) is 6.94. The lowest BCUT2D eigenvalue weighted by atomic mass is 9.97.